The van der Waals surface area contributed by atoms with Gasteiger partial charge in [0.15, 0.2) is 12.4 Å². The Morgan fingerprint density at radius 3 is 2.55 bits per heavy atom. The number of rotatable bonds is 6. The van der Waals surface area contributed by atoms with Crippen molar-refractivity contribution in [2.75, 3.05) is 26.2 Å². The maximum atomic E-state index is 14.0. The molecule has 0 atom stereocenters. The molecule has 0 spiro atoms. The molecule has 0 saturated carbocycles. The predicted molar refractivity (Wildman–Crippen MR) is 120 cm³/mol. The van der Waals surface area contributed by atoms with Gasteiger partial charge in [-0.3, -0.25) is 9.69 Å². The summed E-state index contributed by atoms with van der Waals surface area (Å²) in [5.41, 5.74) is 0.874. The zero-order valence-electron chi connectivity index (χ0n) is 16.7. The molecule has 1 aliphatic heterocycles. The molecule has 0 radical (unpaired) electrons. The van der Waals surface area contributed by atoms with Crippen LogP contribution < -0.4 is 4.74 Å². The third kappa shape index (κ3) is 5.44. The van der Waals surface area contributed by atoms with Crippen LogP contribution in [0.2, 0.25) is 5.02 Å². The Bertz CT molecular complexity index is 1030. The van der Waals surface area contributed by atoms with Crippen LogP contribution in [-0.2, 0) is 13.3 Å². The van der Waals surface area contributed by atoms with Crippen molar-refractivity contribution in [2.24, 2.45) is 0 Å². The molecule has 1 saturated heterocycles. The summed E-state index contributed by atoms with van der Waals surface area (Å²) >= 11 is 9.51. The summed E-state index contributed by atoms with van der Waals surface area (Å²) < 4.78 is 22.3. The number of carbonyl (C=O) groups is 1. The highest BCUT2D eigenvalue weighted by Crippen LogP contribution is 2.22. The lowest BCUT2D eigenvalue weighted by Crippen LogP contribution is -2.48. The Morgan fingerprint density at radius 1 is 1.10 bits per heavy atom. The smallest absolute Gasteiger partial charge is 0.274 e. The number of benzene rings is 2. The fraction of sp³-hybridized carbons (Fsp3) is 0.273. The van der Waals surface area contributed by atoms with E-state index in [1.807, 2.05) is 24.3 Å². The zero-order valence-corrected chi connectivity index (χ0v) is 19.0. The number of piperazine rings is 1. The van der Waals surface area contributed by atoms with Gasteiger partial charge >= 0.3 is 0 Å². The highest BCUT2D eigenvalue weighted by molar-refractivity contribution is 9.10. The van der Waals surface area contributed by atoms with Crippen molar-refractivity contribution >= 4 is 33.4 Å². The fourth-order valence-electron chi connectivity index (χ4n) is 3.40. The number of nitrogens with zero attached hydrogens (tertiary/aromatic N) is 4. The van der Waals surface area contributed by atoms with Gasteiger partial charge in [0.25, 0.3) is 5.91 Å². The summed E-state index contributed by atoms with van der Waals surface area (Å²) in [6.07, 6.45) is 1.72. The SMILES string of the molecule is O=C(c1ccn(COc2ccc(Br)cc2)n1)N1CCN(Cc2c(F)cccc2Cl)CC1. The van der Waals surface area contributed by atoms with Crippen molar-refractivity contribution in [1.29, 1.82) is 0 Å². The van der Waals surface area contributed by atoms with Crippen LogP contribution in [0.5, 0.6) is 5.75 Å². The molecule has 31 heavy (non-hydrogen) atoms. The third-order valence-corrected chi connectivity index (χ3v) is 6.02. The average molecular weight is 508 g/mol. The molecule has 1 aromatic heterocycles. The number of ether oxygens (including phenoxy) is 1. The Morgan fingerprint density at radius 2 is 1.84 bits per heavy atom. The van der Waals surface area contributed by atoms with Crippen LogP contribution in [0.3, 0.4) is 0 Å². The van der Waals surface area contributed by atoms with E-state index in [0.29, 0.717) is 49.0 Å². The lowest BCUT2D eigenvalue weighted by molar-refractivity contribution is 0.0619. The topological polar surface area (TPSA) is 50.6 Å². The quantitative estimate of drug-likeness (QED) is 0.495. The second-order valence-electron chi connectivity index (χ2n) is 7.24. The molecule has 6 nitrogen and oxygen atoms in total. The third-order valence-electron chi connectivity index (χ3n) is 5.14. The molecule has 9 heteroatoms. The van der Waals surface area contributed by atoms with Crippen molar-refractivity contribution < 1.29 is 13.9 Å². The predicted octanol–water partition coefficient (Wildman–Crippen LogP) is 4.43. The molecule has 1 amide bonds. The largest absolute Gasteiger partial charge is 0.471 e. The normalized spacial score (nSPS) is 14.6. The van der Waals surface area contributed by atoms with Crippen LogP contribution in [0.1, 0.15) is 16.1 Å². The van der Waals surface area contributed by atoms with Gasteiger partial charge in [-0.15, -0.1) is 0 Å². The summed E-state index contributed by atoms with van der Waals surface area (Å²) in [5.74, 6) is 0.297. The molecule has 2 aromatic carbocycles. The Hall–Kier alpha value is -2.42. The molecule has 0 bridgehead atoms. The van der Waals surface area contributed by atoms with Crippen molar-refractivity contribution in [3.63, 3.8) is 0 Å². The molecule has 1 aliphatic rings. The van der Waals surface area contributed by atoms with Crippen molar-refractivity contribution in [3.8, 4) is 5.75 Å². The number of hydrogen-bond donors (Lipinski definition) is 0. The molecule has 0 N–H and O–H groups in total. The van der Waals surface area contributed by atoms with Crippen molar-refractivity contribution in [1.82, 2.24) is 19.6 Å². The fourth-order valence-corrected chi connectivity index (χ4v) is 3.88. The highest BCUT2D eigenvalue weighted by Gasteiger charge is 2.24. The van der Waals surface area contributed by atoms with E-state index in [1.165, 1.54) is 6.07 Å². The first-order chi connectivity index (χ1) is 15.0. The average Bonchev–Trinajstić information content (AvgIpc) is 3.25. The van der Waals surface area contributed by atoms with Gasteiger partial charge in [0.05, 0.1) is 0 Å². The number of amides is 1. The van der Waals surface area contributed by atoms with Gasteiger partial charge in [-0.2, -0.15) is 5.10 Å². The van der Waals surface area contributed by atoms with E-state index in [-0.39, 0.29) is 18.5 Å². The Kier molecular flexibility index (Phi) is 6.89. The van der Waals surface area contributed by atoms with Crippen LogP contribution in [0, 0.1) is 5.82 Å². The molecule has 4 rings (SSSR count). The number of hydrogen-bond acceptors (Lipinski definition) is 4. The van der Waals surface area contributed by atoms with Crippen LogP contribution in [0.15, 0.2) is 59.2 Å². The summed E-state index contributed by atoms with van der Waals surface area (Å²) in [5, 5.41) is 4.76. The standard InChI is InChI=1S/C22H21BrClFN4O2/c23-16-4-6-17(7-5-16)31-15-29-9-8-21(26-29)22(30)28-12-10-27(11-13-28)14-18-19(24)2-1-3-20(18)25/h1-9H,10-15H2. The van der Waals surface area contributed by atoms with Gasteiger partial charge < -0.3 is 9.64 Å². The molecule has 0 unspecified atom stereocenters. The van der Waals surface area contributed by atoms with Crippen LogP contribution >= 0.6 is 27.5 Å². The van der Waals surface area contributed by atoms with Crippen molar-refractivity contribution in [2.45, 2.75) is 13.3 Å². The van der Waals surface area contributed by atoms with E-state index < -0.39 is 0 Å². The first-order valence-electron chi connectivity index (χ1n) is 9.86. The van der Waals surface area contributed by atoms with Gasteiger partial charge in [-0.05, 0) is 42.5 Å². The second-order valence-corrected chi connectivity index (χ2v) is 8.56. The molecule has 162 valence electrons. The van der Waals surface area contributed by atoms with E-state index in [4.69, 9.17) is 16.3 Å². The van der Waals surface area contributed by atoms with Gasteiger partial charge in [0.2, 0.25) is 0 Å². The zero-order chi connectivity index (χ0) is 21.8. The number of carbonyl (C=O) groups excluding carboxylic acids is 1. The van der Waals surface area contributed by atoms with E-state index >= 15 is 0 Å². The van der Waals surface area contributed by atoms with Gasteiger partial charge in [0.1, 0.15) is 11.6 Å². The van der Waals surface area contributed by atoms with Crippen LogP contribution in [-0.4, -0.2) is 51.7 Å². The molecule has 1 fully saturated rings. The summed E-state index contributed by atoms with van der Waals surface area (Å²) in [7, 11) is 0. The lowest BCUT2D eigenvalue weighted by atomic mass is 10.1. The maximum absolute atomic E-state index is 14.0. The summed E-state index contributed by atoms with van der Waals surface area (Å²) in [6.45, 7) is 3.02. The molecule has 2 heterocycles. The monoisotopic (exact) mass is 506 g/mol. The van der Waals surface area contributed by atoms with Gasteiger partial charge in [-0.1, -0.05) is 33.6 Å². The Labute approximate surface area is 193 Å². The number of halogens is 3. The highest BCUT2D eigenvalue weighted by atomic mass is 79.9. The minimum Gasteiger partial charge on any atom is -0.471 e. The molecular weight excluding hydrogens is 487 g/mol. The van der Waals surface area contributed by atoms with Crippen LogP contribution in [0.4, 0.5) is 4.39 Å². The summed E-state index contributed by atoms with van der Waals surface area (Å²) in [6, 6.07) is 13.9. The second kappa shape index (κ2) is 9.80. The number of aromatic nitrogens is 2. The van der Waals surface area contributed by atoms with E-state index in [1.54, 1.807) is 34.0 Å². The lowest BCUT2D eigenvalue weighted by Gasteiger charge is -2.34. The van der Waals surface area contributed by atoms with Crippen molar-refractivity contribution in [3.05, 3.63) is 81.3 Å². The van der Waals surface area contributed by atoms with E-state index in [0.717, 1.165) is 10.2 Å². The van der Waals surface area contributed by atoms with E-state index in [2.05, 4.69) is 25.9 Å². The minimum absolute atomic E-state index is 0.119. The molecular formula is C22H21BrClFN4O2. The van der Waals surface area contributed by atoms with E-state index in [9.17, 15) is 9.18 Å². The molecule has 3 aromatic rings. The Balaban J connectivity index is 1.29. The summed E-state index contributed by atoms with van der Waals surface area (Å²) in [4.78, 5) is 16.7. The maximum Gasteiger partial charge on any atom is 0.274 e. The van der Waals surface area contributed by atoms with Crippen LogP contribution in [0.25, 0.3) is 0 Å². The first-order valence-corrected chi connectivity index (χ1v) is 11.0. The van der Waals surface area contributed by atoms with Gasteiger partial charge in [-0.25, -0.2) is 9.07 Å². The van der Waals surface area contributed by atoms with Gasteiger partial charge in [0, 0.05) is 54.0 Å². The minimum atomic E-state index is -0.304. The molecule has 0 aliphatic carbocycles. The first kappa shape index (κ1) is 21.8.